The van der Waals surface area contributed by atoms with Crippen molar-refractivity contribution in [3.05, 3.63) is 18.2 Å². The minimum Gasteiger partial charge on any atom is -0.351 e. The van der Waals surface area contributed by atoms with Gasteiger partial charge in [-0.1, -0.05) is 0 Å². The molecule has 1 atom stereocenters. The van der Waals surface area contributed by atoms with Crippen LogP contribution in [0.2, 0.25) is 0 Å². The van der Waals surface area contributed by atoms with E-state index in [4.69, 9.17) is 11.8 Å². The Labute approximate surface area is 81.8 Å². The lowest BCUT2D eigenvalue weighted by Gasteiger charge is -2.05. The summed E-state index contributed by atoms with van der Waals surface area (Å²) in [6.07, 6.45) is 4.51. The van der Waals surface area contributed by atoms with Crippen molar-refractivity contribution in [2.24, 2.45) is 0 Å². The van der Waals surface area contributed by atoms with Crippen molar-refractivity contribution in [2.75, 3.05) is 0 Å². The number of rotatable bonds is 5. The molecular weight excluding hydrogens is 190 g/mol. The average molecular weight is 202 g/mol. The molecule has 1 aromatic rings. The Balaban J connectivity index is 2.31. The number of hydrogen-bond donors (Lipinski definition) is 2. The van der Waals surface area contributed by atoms with Gasteiger partial charge >= 0.3 is 0 Å². The lowest BCUT2D eigenvalue weighted by atomic mass is 10.1. The maximum Gasteiger partial charge on any atom is 0.151 e. The molecule has 0 aliphatic rings. The Morgan fingerprint density at radius 3 is 3.15 bits per heavy atom. The van der Waals surface area contributed by atoms with Crippen LogP contribution in [0.3, 0.4) is 0 Å². The zero-order valence-corrected chi connectivity index (χ0v) is 8.14. The zero-order chi connectivity index (χ0) is 9.68. The topological polar surface area (TPSA) is 57.8 Å². The highest BCUT2D eigenvalue weighted by atomic mass is 35.5. The van der Waals surface area contributed by atoms with Gasteiger partial charge in [0.1, 0.15) is 0 Å². The number of H-pyrrole nitrogens is 1. The SMILES string of the molecule is C[C@H](NCl)C(=O)CCc1c[nH]cn1. The van der Waals surface area contributed by atoms with Crippen LogP contribution >= 0.6 is 11.8 Å². The van der Waals surface area contributed by atoms with Crippen molar-refractivity contribution in [2.45, 2.75) is 25.8 Å². The fourth-order valence-electron chi connectivity index (χ4n) is 0.956. The van der Waals surface area contributed by atoms with Crippen LogP contribution < -0.4 is 4.84 Å². The summed E-state index contributed by atoms with van der Waals surface area (Å²) in [7, 11) is 0. The number of halogens is 1. The second kappa shape index (κ2) is 4.99. The van der Waals surface area contributed by atoms with Gasteiger partial charge in [0, 0.05) is 12.6 Å². The predicted molar refractivity (Wildman–Crippen MR) is 50.4 cm³/mol. The van der Waals surface area contributed by atoms with Gasteiger partial charge in [0.2, 0.25) is 0 Å². The minimum absolute atomic E-state index is 0.0954. The van der Waals surface area contributed by atoms with Gasteiger partial charge in [0.25, 0.3) is 0 Å². The standard InChI is InChI=1S/C8H12ClN3O/c1-6(12-9)8(13)3-2-7-4-10-5-11-7/h4-6,12H,2-3H2,1H3,(H,10,11)/t6-/m0/s1. The highest BCUT2D eigenvalue weighted by Crippen LogP contribution is 2.00. The molecule has 0 unspecified atom stereocenters. The van der Waals surface area contributed by atoms with Crippen LogP contribution in [0.1, 0.15) is 19.0 Å². The van der Waals surface area contributed by atoms with Crippen LogP contribution in [0.4, 0.5) is 0 Å². The summed E-state index contributed by atoms with van der Waals surface area (Å²) < 4.78 is 0. The van der Waals surface area contributed by atoms with E-state index in [1.54, 1.807) is 19.4 Å². The van der Waals surface area contributed by atoms with Crippen molar-refractivity contribution < 1.29 is 4.79 Å². The van der Waals surface area contributed by atoms with E-state index < -0.39 is 0 Å². The lowest BCUT2D eigenvalue weighted by molar-refractivity contribution is -0.120. The van der Waals surface area contributed by atoms with E-state index in [-0.39, 0.29) is 11.8 Å². The highest BCUT2D eigenvalue weighted by molar-refractivity contribution is 6.15. The van der Waals surface area contributed by atoms with Crippen LogP contribution in [0, 0.1) is 0 Å². The lowest BCUT2D eigenvalue weighted by Crippen LogP contribution is -2.27. The van der Waals surface area contributed by atoms with Crippen LogP contribution in [-0.4, -0.2) is 21.8 Å². The molecule has 0 bridgehead atoms. The monoisotopic (exact) mass is 201 g/mol. The molecule has 72 valence electrons. The summed E-state index contributed by atoms with van der Waals surface area (Å²) in [5.74, 6) is 0.0954. The number of hydrogen-bond acceptors (Lipinski definition) is 3. The first-order chi connectivity index (χ1) is 6.24. The number of aryl methyl sites for hydroxylation is 1. The quantitative estimate of drug-likeness (QED) is 0.700. The third-order valence-electron chi connectivity index (χ3n) is 1.83. The Morgan fingerprint density at radius 2 is 2.62 bits per heavy atom. The van der Waals surface area contributed by atoms with Crippen molar-refractivity contribution in [3.8, 4) is 0 Å². The first-order valence-electron chi connectivity index (χ1n) is 4.10. The van der Waals surface area contributed by atoms with Gasteiger partial charge in [0.15, 0.2) is 5.78 Å². The smallest absolute Gasteiger partial charge is 0.151 e. The Hall–Kier alpha value is -0.870. The largest absolute Gasteiger partial charge is 0.351 e. The summed E-state index contributed by atoms with van der Waals surface area (Å²) >= 11 is 5.31. The molecule has 13 heavy (non-hydrogen) atoms. The summed E-state index contributed by atoms with van der Waals surface area (Å²) in [6.45, 7) is 1.74. The van der Waals surface area contributed by atoms with Crippen LogP contribution in [0.5, 0.6) is 0 Å². The van der Waals surface area contributed by atoms with Gasteiger partial charge in [-0.15, -0.1) is 0 Å². The maximum atomic E-state index is 11.3. The van der Waals surface area contributed by atoms with E-state index in [0.717, 1.165) is 5.69 Å². The summed E-state index contributed by atoms with van der Waals surface area (Å²) in [6, 6.07) is -0.291. The molecule has 1 heterocycles. The normalized spacial score (nSPS) is 12.8. The van der Waals surface area contributed by atoms with E-state index in [1.165, 1.54) is 0 Å². The Kier molecular flexibility index (Phi) is 3.92. The predicted octanol–water partition coefficient (Wildman–Crippen LogP) is 1.04. The number of aromatic amines is 1. The summed E-state index contributed by atoms with van der Waals surface area (Å²) in [5.41, 5.74) is 0.898. The molecule has 2 N–H and O–H groups in total. The molecule has 0 amide bonds. The third-order valence-corrected chi connectivity index (χ3v) is 2.16. The zero-order valence-electron chi connectivity index (χ0n) is 7.38. The summed E-state index contributed by atoms with van der Waals surface area (Å²) in [4.78, 5) is 20.5. The van der Waals surface area contributed by atoms with Crippen molar-refractivity contribution in [1.82, 2.24) is 14.8 Å². The number of Topliss-reactive ketones (excluding diaryl/α,β-unsaturated/α-hetero) is 1. The summed E-state index contributed by atoms with van der Waals surface area (Å²) in [5, 5.41) is 0. The molecular formula is C8H12ClN3O. The van der Waals surface area contributed by atoms with Crippen molar-refractivity contribution in [3.63, 3.8) is 0 Å². The van der Waals surface area contributed by atoms with Gasteiger partial charge < -0.3 is 4.98 Å². The van der Waals surface area contributed by atoms with Gasteiger partial charge in [-0.05, 0) is 25.1 Å². The minimum atomic E-state index is -0.291. The molecule has 1 aromatic heterocycles. The van der Waals surface area contributed by atoms with Crippen molar-refractivity contribution in [1.29, 1.82) is 0 Å². The number of aromatic nitrogens is 2. The second-order valence-electron chi connectivity index (χ2n) is 2.86. The van der Waals surface area contributed by atoms with Gasteiger partial charge in [0.05, 0.1) is 18.1 Å². The number of carbonyl (C=O) groups excluding carboxylic acids is 1. The third kappa shape index (κ3) is 3.16. The molecule has 0 aliphatic carbocycles. The number of nitrogens with one attached hydrogen (secondary N) is 2. The second-order valence-corrected chi connectivity index (χ2v) is 3.08. The molecule has 0 saturated carbocycles. The molecule has 4 nitrogen and oxygen atoms in total. The molecule has 1 rings (SSSR count). The van der Waals surface area contributed by atoms with Gasteiger partial charge in [-0.2, -0.15) is 0 Å². The van der Waals surface area contributed by atoms with Gasteiger partial charge in [-0.25, -0.2) is 9.82 Å². The Morgan fingerprint density at radius 1 is 1.85 bits per heavy atom. The maximum absolute atomic E-state index is 11.3. The first kappa shape index (κ1) is 10.2. The number of ketones is 1. The molecule has 0 spiro atoms. The van der Waals surface area contributed by atoms with E-state index in [2.05, 4.69) is 14.8 Å². The molecule has 0 aliphatic heterocycles. The van der Waals surface area contributed by atoms with Crippen LogP contribution in [0.15, 0.2) is 12.5 Å². The van der Waals surface area contributed by atoms with Crippen LogP contribution in [0.25, 0.3) is 0 Å². The van der Waals surface area contributed by atoms with E-state index in [0.29, 0.717) is 12.8 Å². The average Bonchev–Trinajstić information content (AvgIpc) is 2.65. The molecule has 0 saturated heterocycles. The highest BCUT2D eigenvalue weighted by Gasteiger charge is 2.11. The molecule has 0 radical (unpaired) electrons. The number of imidazole rings is 1. The van der Waals surface area contributed by atoms with Gasteiger partial charge in [-0.3, -0.25) is 4.79 Å². The molecule has 0 fully saturated rings. The fourth-order valence-corrected chi connectivity index (χ4v) is 1.08. The molecule has 0 aromatic carbocycles. The Bertz CT molecular complexity index is 260. The number of carbonyl (C=O) groups is 1. The van der Waals surface area contributed by atoms with E-state index in [1.807, 2.05) is 0 Å². The van der Waals surface area contributed by atoms with Crippen molar-refractivity contribution >= 4 is 17.6 Å². The van der Waals surface area contributed by atoms with E-state index >= 15 is 0 Å². The fraction of sp³-hybridized carbons (Fsp3) is 0.500. The number of nitrogens with zero attached hydrogens (tertiary/aromatic N) is 1. The molecule has 5 heteroatoms. The first-order valence-corrected chi connectivity index (χ1v) is 4.48. The van der Waals surface area contributed by atoms with Crippen LogP contribution in [-0.2, 0) is 11.2 Å². The van der Waals surface area contributed by atoms with E-state index in [9.17, 15) is 4.79 Å².